The molecule has 0 spiro atoms. The largest absolute Gasteiger partial charge is 0.480 e. The second-order valence-electron chi connectivity index (χ2n) is 3.53. The number of non-ortho nitro benzene ring substituents is 1. The summed E-state index contributed by atoms with van der Waals surface area (Å²) in [6.07, 6.45) is 0. The highest BCUT2D eigenvalue weighted by molar-refractivity contribution is 7.89. The Bertz CT molecular complexity index is 630. The molecule has 0 radical (unpaired) electrons. The van der Waals surface area contributed by atoms with Crippen LogP contribution in [0.5, 0.6) is 0 Å². The Morgan fingerprint density at radius 1 is 1.53 bits per heavy atom. The second kappa shape index (κ2) is 5.28. The Morgan fingerprint density at radius 3 is 2.53 bits per heavy atom. The van der Waals surface area contributed by atoms with Gasteiger partial charge in [0.25, 0.3) is 5.69 Å². The molecule has 1 aromatic carbocycles. The maximum absolute atomic E-state index is 13.5. The van der Waals surface area contributed by atoms with Gasteiger partial charge in [-0.25, -0.2) is 12.8 Å². The lowest BCUT2D eigenvalue weighted by Gasteiger charge is -2.15. The molecule has 0 bridgehead atoms. The molecular formula is C9H9FN2O6S. The molecular weight excluding hydrogens is 283 g/mol. The minimum Gasteiger partial charge on any atom is -0.480 e. The molecule has 8 nitrogen and oxygen atoms in total. The van der Waals surface area contributed by atoms with Crippen molar-refractivity contribution in [2.24, 2.45) is 0 Å². The molecule has 0 atom stereocenters. The summed E-state index contributed by atoms with van der Waals surface area (Å²) >= 11 is 0. The fourth-order valence-corrected chi connectivity index (χ4v) is 2.42. The maximum Gasteiger partial charge on any atom is 0.318 e. The van der Waals surface area contributed by atoms with E-state index >= 15 is 0 Å². The van der Waals surface area contributed by atoms with Crippen molar-refractivity contribution in [3.05, 3.63) is 34.1 Å². The predicted molar refractivity (Wildman–Crippen MR) is 60.5 cm³/mol. The molecule has 0 fully saturated rings. The van der Waals surface area contributed by atoms with E-state index < -0.39 is 43.9 Å². The summed E-state index contributed by atoms with van der Waals surface area (Å²) < 4.78 is 37.6. The van der Waals surface area contributed by atoms with Crippen LogP contribution in [0.25, 0.3) is 0 Å². The highest BCUT2D eigenvalue weighted by atomic mass is 32.2. The van der Waals surface area contributed by atoms with Gasteiger partial charge in [0.15, 0.2) is 0 Å². The van der Waals surface area contributed by atoms with E-state index in [9.17, 15) is 27.7 Å². The Balaban J connectivity index is 3.22. The molecule has 1 aromatic rings. The zero-order chi connectivity index (χ0) is 14.8. The van der Waals surface area contributed by atoms with Crippen molar-refractivity contribution in [3.63, 3.8) is 0 Å². The highest BCUT2D eigenvalue weighted by Gasteiger charge is 2.27. The molecule has 0 aliphatic carbocycles. The Hall–Kier alpha value is -2.07. The minimum atomic E-state index is -4.35. The topological polar surface area (TPSA) is 118 Å². The standard InChI is InChI=1S/C9H9FN2O6S/c1-11(5-9(13)14)19(17,18)8-3-2-6(12(15)16)4-7(8)10/h2-4H,5H2,1H3,(H,13,14). The van der Waals surface area contributed by atoms with E-state index in [2.05, 4.69) is 0 Å². The van der Waals surface area contributed by atoms with Crippen LogP contribution in [-0.4, -0.2) is 42.3 Å². The van der Waals surface area contributed by atoms with Gasteiger partial charge in [-0.1, -0.05) is 0 Å². The van der Waals surface area contributed by atoms with E-state index in [0.717, 1.165) is 19.2 Å². The van der Waals surface area contributed by atoms with Crippen molar-refractivity contribution < 1.29 is 27.6 Å². The lowest BCUT2D eigenvalue weighted by Crippen LogP contribution is -2.32. The Kier molecular flexibility index (Phi) is 4.17. The smallest absolute Gasteiger partial charge is 0.318 e. The van der Waals surface area contributed by atoms with Gasteiger partial charge in [0.1, 0.15) is 17.3 Å². The monoisotopic (exact) mass is 292 g/mol. The van der Waals surface area contributed by atoms with Gasteiger partial charge in [0.05, 0.1) is 11.0 Å². The zero-order valence-corrected chi connectivity index (χ0v) is 10.4. The molecule has 0 unspecified atom stereocenters. The van der Waals surface area contributed by atoms with Crippen LogP contribution in [0.4, 0.5) is 10.1 Å². The fraction of sp³-hybridized carbons (Fsp3) is 0.222. The number of likely N-dealkylation sites (N-methyl/N-ethyl adjacent to an activating group) is 1. The van der Waals surface area contributed by atoms with Crippen molar-refractivity contribution in [2.45, 2.75) is 4.90 Å². The highest BCUT2D eigenvalue weighted by Crippen LogP contribution is 2.22. The third-order valence-electron chi connectivity index (χ3n) is 2.17. The number of benzene rings is 1. The van der Waals surface area contributed by atoms with Gasteiger partial charge in [-0.05, 0) is 6.07 Å². The Morgan fingerprint density at radius 2 is 2.11 bits per heavy atom. The molecule has 10 heteroatoms. The Labute approximate surface area is 107 Å². The number of rotatable bonds is 5. The second-order valence-corrected chi connectivity index (χ2v) is 5.54. The van der Waals surface area contributed by atoms with Gasteiger partial charge in [-0.2, -0.15) is 4.31 Å². The van der Waals surface area contributed by atoms with Crippen LogP contribution in [0.3, 0.4) is 0 Å². The summed E-state index contributed by atoms with van der Waals surface area (Å²) in [4.78, 5) is 19.1. The summed E-state index contributed by atoms with van der Waals surface area (Å²) in [5.74, 6) is -2.72. The molecule has 104 valence electrons. The van der Waals surface area contributed by atoms with Crippen molar-refractivity contribution in [1.82, 2.24) is 4.31 Å². The molecule has 19 heavy (non-hydrogen) atoms. The number of carboxylic acid groups (broad SMARTS) is 1. The molecule has 0 amide bonds. The number of sulfonamides is 1. The van der Waals surface area contributed by atoms with Crippen molar-refractivity contribution in [3.8, 4) is 0 Å². The number of carbonyl (C=O) groups is 1. The number of halogens is 1. The molecule has 1 N–H and O–H groups in total. The fourth-order valence-electron chi connectivity index (χ4n) is 1.26. The first-order chi connectivity index (χ1) is 8.66. The first-order valence-electron chi connectivity index (χ1n) is 4.78. The van der Waals surface area contributed by atoms with Gasteiger partial charge in [-0.3, -0.25) is 14.9 Å². The van der Waals surface area contributed by atoms with Gasteiger partial charge in [0, 0.05) is 13.1 Å². The van der Waals surface area contributed by atoms with Gasteiger partial charge < -0.3 is 5.11 Å². The average Bonchev–Trinajstić information content (AvgIpc) is 2.27. The number of aliphatic carboxylic acids is 1. The van der Waals surface area contributed by atoms with Crippen LogP contribution < -0.4 is 0 Å². The maximum atomic E-state index is 13.5. The normalized spacial score (nSPS) is 11.5. The summed E-state index contributed by atoms with van der Waals surface area (Å²) in [6, 6.07) is 2.01. The van der Waals surface area contributed by atoms with E-state index in [1.165, 1.54) is 0 Å². The van der Waals surface area contributed by atoms with Crippen molar-refractivity contribution in [1.29, 1.82) is 0 Å². The third kappa shape index (κ3) is 3.23. The average molecular weight is 292 g/mol. The first kappa shape index (κ1) is 15.0. The molecule has 0 saturated carbocycles. The van der Waals surface area contributed by atoms with Crippen LogP contribution in [0, 0.1) is 15.9 Å². The van der Waals surface area contributed by atoms with Gasteiger partial charge in [0.2, 0.25) is 10.0 Å². The molecule has 0 saturated heterocycles. The number of hydrogen-bond acceptors (Lipinski definition) is 5. The minimum absolute atomic E-state index is 0.430. The quantitative estimate of drug-likeness (QED) is 0.621. The molecule has 1 rings (SSSR count). The van der Waals surface area contributed by atoms with E-state index in [-0.39, 0.29) is 0 Å². The van der Waals surface area contributed by atoms with Crippen molar-refractivity contribution in [2.75, 3.05) is 13.6 Å². The van der Waals surface area contributed by atoms with E-state index in [4.69, 9.17) is 5.11 Å². The van der Waals surface area contributed by atoms with Crippen LogP contribution >= 0.6 is 0 Å². The third-order valence-corrected chi connectivity index (χ3v) is 4.01. The molecule has 0 aliphatic heterocycles. The van der Waals surface area contributed by atoms with E-state index in [1.807, 2.05) is 0 Å². The van der Waals surface area contributed by atoms with Crippen LogP contribution in [0.15, 0.2) is 23.1 Å². The number of hydrogen-bond donors (Lipinski definition) is 1. The summed E-state index contributed by atoms with van der Waals surface area (Å²) in [7, 11) is -3.39. The lowest BCUT2D eigenvalue weighted by molar-refractivity contribution is -0.385. The number of nitro groups is 1. The number of nitrogens with zero attached hydrogens (tertiary/aromatic N) is 2. The van der Waals surface area contributed by atoms with Crippen LogP contribution in [0.1, 0.15) is 0 Å². The lowest BCUT2D eigenvalue weighted by atomic mass is 10.3. The van der Waals surface area contributed by atoms with E-state index in [1.54, 1.807) is 0 Å². The zero-order valence-electron chi connectivity index (χ0n) is 9.61. The summed E-state index contributed by atoms with van der Waals surface area (Å²) in [5, 5.41) is 18.9. The SMILES string of the molecule is CN(CC(=O)O)S(=O)(=O)c1ccc([N+](=O)[O-])cc1F. The van der Waals surface area contributed by atoms with Crippen LogP contribution in [0.2, 0.25) is 0 Å². The van der Waals surface area contributed by atoms with Gasteiger partial charge in [-0.15, -0.1) is 0 Å². The summed E-state index contributed by atoms with van der Waals surface area (Å²) in [5.41, 5.74) is -0.600. The predicted octanol–water partition coefficient (Wildman–Crippen LogP) is 0.439. The van der Waals surface area contributed by atoms with E-state index in [0.29, 0.717) is 10.4 Å². The molecule has 0 heterocycles. The number of nitro benzene ring substituents is 1. The molecule has 0 aliphatic rings. The van der Waals surface area contributed by atoms with Gasteiger partial charge >= 0.3 is 5.97 Å². The number of carboxylic acids is 1. The first-order valence-corrected chi connectivity index (χ1v) is 6.22. The summed E-state index contributed by atoms with van der Waals surface area (Å²) in [6.45, 7) is -0.848. The van der Waals surface area contributed by atoms with Crippen molar-refractivity contribution >= 4 is 21.7 Å². The molecule has 0 aromatic heterocycles. The van der Waals surface area contributed by atoms with Crippen LogP contribution in [-0.2, 0) is 14.8 Å².